The summed E-state index contributed by atoms with van der Waals surface area (Å²) in [5.41, 5.74) is 1.82. The van der Waals surface area contributed by atoms with Gasteiger partial charge in [0.25, 0.3) is 11.8 Å². The van der Waals surface area contributed by atoms with E-state index in [4.69, 9.17) is 0 Å². The van der Waals surface area contributed by atoms with Crippen LogP contribution in [-0.2, 0) is 4.79 Å². The van der Waals surface area contributed by atoms with Crippen molar-refractivity contribution < 1.29 is 14.4 Å². The smallest absolute Gasteiger partial charge is 0.261 e. The van der Waals surface area contributed by atoms with E-state index in [0.29, 0.717) is 24.0 Å². The summed E-state index contributed by atoms with van der Waals surface area (Å²) in [6.07, 6.45) is 2.71. The number of hydrogen-bond donors (Lipinski definition) is 0. The topological polar surface area (TPSA) is 66.8 Å². The number of imide groups is 1. The highest BCUT2D eigenvalue weighted by Gasteiger charge is 2.34. The van der Waals surface area contributed by atoms with E-state index in [1.165, 1.54) is 11.8 Å². The molecule has 3 rings (SSSR count). The Bertz CT molecular complexity index is 824. The van der Waals surface area contributed by atoms with E-state index in [-0.39, 0.29) is 24.1 Å². The summed E-state index contributed by atoms with van der Waals surface area (Å²) in [6.45, 7) is 1.80. The summed E-state index contributed by atoms with van der Waals surface area (Å²) < 4.78 is 0. The molecule has 26 heavy (non-hydrogen) atoms. The molecular formula is C21H20N2O3. The van der Waals surface area contributed by atoms with Gasteiger partial charge >= 0.3 is 0 Å². The number of nitrogens with zero attached hydrogens (tertiary/aromatic N) is 2. The molecule has 5 nitrogen and oxygen atoms in total. The Kier molecular flexibility index (Phi) is 5.37. The van der Waals surface area contributed by atoms with Gasteiger partial charge in [-0.3, -0.25) is 24.3 Å². The Morgan fingerprint density at radius 2 is 1.58 bits per heavy atom. The van der Waals surface area contributed by atoms with Gasteiger partial charge in [-0.25, -0.2) is 0 Å². The van der Waals surface area contributed by atoms with Crippen molar-refractivity contribution in [1.82, 2.24) is 4.90 Å². The third-order valence-corrected chi connectivity index (χ3v) is 4.41. The van der Waals surface area contributed by atoms with Crippen LogP contribution in [0.3, 0.4) is 0 Å². The van der Waals surface area contributed by atoms with Crippen molar-refractivity contribution in [3.05, 3.63) is 71.3 Å². The van der Waals surface area contributed by atoms with E-state index >= 15 is 0 Å². The molecule has 0 N–H and O–H groups in total. The average Bonchev–Trinajstić information content (AvgIpc) is 2.90. The van der Waals surface area contributed by atoms with Gasteiger partial charge in [-0.1, -0.05) is 42.5 Å². The van der Waals surface area contributed by atoms with Crippen LogP contribution in [0.5, 0.6) is 0 Å². The molecule has 132 valence electrons. The lowest BCUT2D eigenvalue weighted by Crippen LogP contribution is -2.31. The lowest BCUT2D eigenvalue weighted by Gasteiger charge is -2.15. The third-order valence-electron chi connectivity index (χ3n) is 4.41. The summed E-state index contributed by atoms with van der Waals surface area (Å²) in [5, 5.41) is 0. The van der Waals surface area contributed by atoms with Gasteiger partial charge in [0.15, 0.2) is 5.78 Å². The predicted octanol–water partition coefficient (Wildman–Crippen LogP) is 3.14. The number of rotatable bonds is 7. The molecule has 1 aliphatic rings. The van der Waals surface area contributed by atoms with Crippen molar-refractivity contribution >= 4 is 23.8 Å². The minimum Gasteiger partial charge on any atom is -0.298 e. The number of amides is 2. The average molecular weight is 348 g/mol. The zero-order valence-corrected chi connectivity index (χ0v) is 14.6. The largest absolute Gasteiger partial charge is 0.298 e. The number of benzene rings is 2. The van der Waals surface area contributed by atoms with E-state index in [0.717, 1.165) is 5.56 Å². The molecule has 5 heteroatoms. The fraction of sp³-hybridized carbons (Fsp3) is 0.238. The number of fused-ring (bicyclic) bond motifs is 1. The quantitative estimate of drug-likeness (QED) is 0.570. The van der Waals surface area contributed by atoms with Crippen LogP contribution in [0, 0.1) is 0 Å². The molecule has 1 heterocycles. The van der Waals surface area contributed by atoms with Gasteiger partial charge in [0, 0.05) is 12.8 Å². The first-order chi connectivity index (χ1) is 12.6. The summed E-state index contributed by atoms with van der Waals surface area (Å²) in [6, 6.07) is 15.9. The molecule has 0 spiro atoms. The molecule has 1 aliphatic heterocycles. The number of hydrogen-bond acceptors (Lipinski definition) is 4. The third kappa shape index (κ3) is 3.77. The highest BCUT2D eigenvalue weighted by atomic mass is 16.2. The first kappa shape index (κ1) is 17.7. The van der Waals surface area contributed by atoms with Crippen LogP contribution >= 0.6 is 0 Å². The number of Topliss-reactive ketones (excluding diaryl/α,β-unsaturated/α-hetero) is 1. The van der Waals surface area contributed by atoms with Crippen molar-refractivity contribution in [3.63, 3.8) is 0 Å². The summed E-state index contributed by atoms with van der Waals surface area (Å²) in [4.78, 5) is 42.1. The Labute approximate surface area is 152 Å². The molecule has 0 radical (unpaired) electrons. The summed E-state index contributed by atoms with van der Waals surface area (Å²) in [5.74, 6) is -0.560. The molecule has 2 amide bonds. The van der Waals surface area contributed by atoms with Gasteiger partial charge in [-0.15, -0.1) is 0 Å². The van der Waals surface area contributed by atoms with E-state index < -0.39 is 6.04 Å². The number of aliphatic imine (C=N–C) groups is 1. The highest BCUT2D eigenvalue weighted by Crippen LogP contribution is 2.23. The van der Waals surface area contributed by atoms with Crippen LogP contribution in [0.4, 0.5) is 0 Å². The number of carbonyl (C=O) groups excluding carboxylic acids is 3. The first-order valence-electron chi connectivity index (χ1n) is 8.62. The summed E-state index contributed by atoms with van der Waals surface area (Å²) >= 11 is 0. The molecule has 1 atom stereocenters. The van der Waals surface area contributed by atoms with Crippen LogP contribution in [0.15, 0.2) is 59.6 Å². The molecule has 2 aromatic carbocycles. The Morgan fingerprint density at radius 3 is 2.15 bits per heavy atom. The SMILES string of the molecule is CC(=O)C(CCCN1C(=O)c2ccccc2C1=O)/N=C/c1ccccc1. The molecule has 0 fully saturated rings. The zero-order chi connectivity index (χ0) is 18.5. The van der Waals surface area contributed by atoms with Crippen molar-refractivity contribution in [2.75, 3.05) is 6.54 Å². The van der Waals surface area contributed by atoms with Gasteiger partial charge in [-0.05, 0) is 37.5 Å². The second kappa shape index (κ2) is 7.87. The van der Waals surface area contributed by atoms with Gasteiger partial charge in [-0.2, -0.15) is 0 Å². The fourth-order valence-corrected chi connectivity index (χ4v) is 2.98. The number of ketones is 1. The van der Waals surface area contributed by atoms with Crippen LogP contribution in [0.25, 0.3) is 0 Å². The van der Waals surface area contributed by atoms with Crippen LogP contribution in [-0.4, -0.2) is 41.3 Å². The molecular weight excluding hydrogens is 328 g/mol. The van der Waals surface area contributed by atoms with E-state index in [1.807, 2.05) is 30.3 Å². The normalized spacial score (nSPS) is 14.7. The predicted molar refractivity (Wildman–Crippen MR) is 99.5 cm³/mol. The molecule has 0 aliphatic carbocycles. The zero-order valence-electron chi connectivity index (χ0n) is 14.6. The molecule has 0 saturated carbocycles. The highest BCUT2D eigenvalue weighted by molar-refractivity contribution is 6.21. The minimum atomic E-state index is -0.467. The monoisotopic (exact) mass is 348 g/mol. The van der Waals surface area contributed by atoms with E-state index in [1.54, 1.807) is 30.5 Å². The van der Waals surface area contributed by atoms with Crippen molar-refractivity contribution in [2.24, 2.45) is 4.99 Å². The Balaban J connectivity index is 1.59. The maximum atomic E-state index is 12.3. The molecule has 0 bridgehead atoms. The van der Waals surface area contributed by atoms with Gasteiger partial charge in [0.1, 0.15) is 6.04 Å². The second-order valence-electron chi connectivity index (χ2n) is 6.27. The standard InChI is InChI=1S/C21H20N2O3/c1-15(24)19(22-14-16-8-3-2-4-9-16)12-7-13-23-20(25)17-10-5-6-11-18(17)21(23)26/h2-6,8-11,14,19H,7,12-13H2,1H3/b22-14+. The van der Waals surface area contributed by atoms with Gasteiger partial charge in [0.05, 0.1) is 11.1 Å². The van der Waals surface area contributed by atoms with Crippen molar-refractivity contribution in [1.29, 1.82) is 0 Å². The van der Waals surface area contributed by atoms with E-state index in [9.17, 15) is 14.4 Å². The number of carbonyl (C=O) groups is 3. The van der Waals surface area contributed by atoms with Crippen molar-refractivity contribution in [2.45, 2.75) is 25.8 Å². The van der Waals surface area contributed by atoms with Gasteiger partial charge in [0.2, 0.25) is 0 Å². The first-order valence-corrected chi connectivity index (χ1v) is 8.62. The fourth-order valence-electron chi connectivity index (χ4n) is 2.98. The van der Waals surface area contributed by atoms with Crippen LogP contribution < -0.4 is 0 Å². The van der Waals surface area contributed by atoms with Gasteiger partial charge < -0.3 is 0 Å². The summed E-state index contributed by atoms with van der Waals surface area (Å²) in [7, 11) is 0. The van der Waals surface area contributed by atoms with Crippen LogP contribution in [0.1, 0.15) is 46.0 Å². The maximum Gasteiger partial charge on any atom is 0.261 e. The Morgan fingerprint density at radius 1 is 1.00 bits per heavy atom. The van der Waals surface area contributed by atoms with Crippen LogP contribution in [0.2, 0.25) is 0 Å². The van der Waals surface area contributed by atoms with E-state index in [2.05, 4.69) is 4.99 Å². The molecule has 0 aromatic heterocycles. The molecule has 2 aromatic rings. The lowest BCUT2D eigenvalue weighted by molar-refractivity contribution is -0.118. The Hall–Kier alpha value is -3.08. The lowest BCUT2D eigenvalue weighted by atomic mass is 10.1. The second-order valence-corrected chi connectivity index (χ2v) is 6.27. The minimum absolute atomic E-state index is 0.0282. The molecule has 0 saturated heterocycles. The maximum absolute atomic E-state index is 12.3. The van der Waals surface area contributed by atoms with Crippen molar-refractivity contribution in [3.8, 4) is 0 Å². The molecule has 1 unspecified atom stereocenters.